The second-order valence-electron chi connectivity index (χ2n) is 5.90. The average Bonchev–Trinajstić information content (AvgIpc) is 3.12. The molecule has 0 radical (unpaired) electrons. The van der Waals surface area contributed by atoms with Crippen LogP contribution in [0.1, 0.15) is 51.4 Å². The second-order valence-corrected chi connectivity index (χ2v) is 6.88. The minimum Gasteiger partial charge on any atom is -0.355 e. The molecule has 0 saturated heterocycles. The zero-order valence-corrected chi connectivity index (χ0v) is 13.5. The molecule has 2 aliphatic carbocycles. The van der Waals surface area contributed by atoms with Crippen LogP contribution in [0.25, 0.3) is 0 Å². The van der Waals surface area contributed by atoms with Crippen molar-refractivity contribution in [2.24, 2.45) is 0 Å². The predicted octanol–water partition coefficient (Wildman–Crippen LogP) is 2.39. The lowest BCUT2D eigenvalue weighted by Gasteiger charge is -2.11. The number of amides is 2. The molecule has 1 fully saturated rings. The van der Waals surface area contributed by atoms with Gasteiger partial charge in [-0.2, -0.15) is 0 Å². The Labute approximate surface area is 131 Å². The van der Waals surface area contributed by atoms with Gasteiger partial charge >= 0.3 is 0 Å². The molecule has 0 aromatic heterocycles. The molecule has 0 aliphatic heterocycles. The zero-order chi connectivity index (χ0) is 14.9. The SMILES string of the molecule is O=C(CSCC(=O)NC1CCCC1)NCCC1=CCCC1. The van der Waals surface area contributed by atoms with Crippen molar-refractivity contribution in [2.75, 3.05) is 18.1 Å². The second kappa shape index (κ2) is 9.13. The van der Waals surface area contributed by atoms with Crippen LogP contribution in [0, 0.1) is 0 Å². The van der Waals surface area contributed by atoms with E-state index in [-0.39, 0.29) is 11.8 Å². The van der Waals surface area contributed by atoms with Gasteiger partial charge < -0.3 is 10.6 Å². The first-order valence-electron chi connectivity index (χ1n) is 8.06. The number of hydrogen-bond donors (Lipinski definition) is 2. The Balaban J connectivity index is 1.47. The maximum Gasteiger partial charge on any atom is 0.230 e. The third-order valence-corrected chi connectivity index (χ3v) is 5.02. The first kappa shape index (κ1) is 16.4. The maximum absolute atomic E-state index is 11.7. The normalized spacial score (nSPS) is 18.6. The third kappa shape index (κ3) is 6.55. The summed E-state index contributed by atoms with van der Waals surface area (Å²) in [4.78, 5) is 23.4. The van der Waals surface area contributed by atoms with Gasteiger partial charge in [-0.1, -0.05) is 24.5 Å². The first-order valence-corrected chi connectivity index (χ1v) is 9.21. The number of rotatable bonds is 8. The highest BCUT2D eigenvalue weighted by Gasteiger charge is 2.17. The Bertz CT molecular complexity index is 390. The summed E-state index contributed by atoms with van der Waals surface area (Å²) in [5.74, 6) is 0.856. The van der Waals surface area contributed by atoms with Gasteiger partial charge in [0.05, 0.1) is 11.5 Å². The smallest absolute Gasteiger partial charge is 0.230 e. The van der Waals surface area contributed by atoms with E-state index >= 15 is 0 Å². The number of carbonyl (C=O) groups excluding carboxylic acids is 2. The largest absolute Gasteiger partial charge is 0.355 e. The number of allylic oxidation sites excluding steroid dienone is 1. The highest BCUT2D eigenvalue weighted by molar-refractivity contribution is 8.00. The van der Waals surface area contributed by atoms with Gasteiger partial charge in [0.1, 0.15) is 0 Å². The summed E-state index contributed by atoms with van der Waals surface area (Å²) < 4.78 is 0. The van der Waals surface area contributed by atoms with Gasteiger partial charge in [0.2, 0.25) is 11.8 Å². The summed E-state index contributed by atoms with van der Waals surface area (Å²) in [5, 5.41) is 5.96. The molecule has 1 saturated carbocycles. The minimum atomic E-state index is 0.0345. The predicted molar refractivity (Wildman–Crippen MR) is 87.3 cm³/mol. The average molecular weight is 310 g/mol. The highest BCUT2D eigenvalue weighted by atomic mass is 32.2. The van der Waals surface area contributed by atoms with E-state index in [4.69, 9.17) is 0 Å². The van der Waals surface area contributed by atoms with Crippen molar-refractivity contribution >= 4 is 23.6 Å². The quantitative estimate of drug-likeness (QED) is 0.677. The van der Waals surface area contributed by atoms with Gasteiger partial charge in [-0.25, -0.2) is 0 Å². The highest BCUT2D eigenvalue weighted by Crippen LogP contribution is 2.19. The summed E-state index contributed by atoms with van der Waals surface area (Å²) in [6, 6.07) is 0.367. The van der Waals surface area contributed by atoms with E-state index in [2.05, 4.69) is 16.7 Å². The minimum absolute atomic E-state index is 0.0345. The Morgan fingerprint density at radius 3 is 2.62 bits per heavy atom. The maximum atomic E-state index is 11.7. The molecule has 2 amide bonds. The summed E-state index contributed by atoms with van der Waals surface area (Å²) in [6.07, 6.45) is 11.5. The molecule has 0 spiro atoms. The molecule has 0 heterocycles. The summed E-state index contributed by atoms with van der Waals surface area (Å²) in [6.45, 7) is 0.722. The lowest BCUT2D eigenvalue weighted by Crippen LogP contribution is -2.34. The zero-order valence-electron chi connectivity index (χ0n) is 12.7. The molecule has 0 aromatic rings. The fraction of sp³-hybridized carbons (Fsp3) is 0.750. The van der Waals surface area contributed by atoms with Crippen LogP contribution in [-0.2, 0) is 9.59 Å². The van der Waals surface area contributed by atoms with Crippen molar-refractivity contribution in [3.63, 3.8) is 0 Å². The monoisotopic (exact) mass is 310 g/mol. The summed E-state index contributed by atoms with van der Waals surface area (Å²) >= 11 is 1.40. The number of hydrogen-bond acceptors (Lipinski definition) is 3. The molecule has 118 valence electrons. The van der Waals surface area contributed by atoms with Crippen LogP contribution in [-0.4, -0.2) is 35.9 Å². The van der Waals surface area contributed by atoms with Crippen LogP contribution in [0.2, 0.25) is 0 Å². The van der Waals surface area contributed by atoms with E-state index in [9.17, 15) is 9.59 Å². The van der Waals surface area contributed by atoms with Gasteiger partial charge in [0.15, 0.2) is 0 Å². The van der Waals surface area contributed by atoms with Gasteiger partial charge in [-0.3, -0.25) is 9.59 Å². The molecule has 0 bridgehead atoms. The van der Waals surface area contributed by atoms with Gasteiger partial charge in [0.25, 0.3) is 0 Å². The molecule has 0 aromatic carbocycles. The van der Waals surface area contributed by atoms with Crippen molar-refractivity contribution in [2.45, 2.75) is 57.4 Å². The topological polar surface area (TPSA) is 58.2 Å². The van der Waals surface area contributed by atoms with Crippen LogP contribution in [0.3, 0.4) is 0 Å². The Morgan fingerprint density at radius 2 is 1.90 bits per heavy atom. The lowest BCUT2D eigenvalue weighted by molar-refractivity contribution is -0.119. The van der Waals surface area contributed by atoms with Crippen molar-refractivity contribution in [1.29, 1.82) is 0 Å². The number of nitrogens with one attached hydrogen (secondary N) is 2. The van der Waals surface area contributed by atoms with Crippen LogP contribution in [0.5, 0.6) is 0 Å². The van der Waals surface area contributed by atoms with Gasteiger partial charge in [0, 0.05) is 12.6 Å². The van der Waals surface area contributed by atoms with E-state index in [0.717, 1.165) is 25.8 Å². The molecular formula is C16H26N2O2S. The van der Waals surface area contributed by atoms with Crippen LogP contribution in [0.15, 0.2) is 11.6 Å². The van der Waals surface area contributed by atoms with Crippen LogP contribution < -0.4 is 10.6 Å². The third-order valence-electron chi connectivity index (χ3n) is 4.09. The van der Waals surface area contributed by atoms with Crippen molar-refractivity contribution in [3.05, 3.63) is 11.6 Å². The van der Waals surface area contributed by atoms with Crippen LogP contribution in [0.4, 0.5) is 0 Å². The van der Waals surface area contributed by atoms with Crippen molar-refractivity contribution in [1.82, 2.24) is 10.6 Å². The van der Waals surface area contributed by atoms with Gasteiger partial charge in [-0.05, 0) is 38.5 Å². The Kier molecular flexibility index (Phi) is 7.13. The molecule has 0 atom stereocenters. The first-order chi connectivity index (χ1) is 10.2. The molecule has 0 unspecified atom stereocenters. The Hall–Kier alpha value is -0.970. The van der Waals surface area contributed by atoms with E-state index < -0.39 is 0 Å². The molecule has 2 aliphatic rings. The van der Waals surface area contributed by atoms with Crippen LogP contribution >= 0.6 is 11.8 Å². The standard InChI is InChI=1S/C16H26N2O2S/c19-15(17-10-9-13-5-1-2-6-13)11-21-12-16(20)18-14-7-3-4-8-14/h5,14H,1-4,6-12H2,(H,17,19)(H,18,20). The van der Waals surface area contributed by atoms with E-state index in [1.54, 1.807) is 0 Å². The number of carbonyl (C=O) groups is 2. The van der Waals surface area contributed by atoms with E-state index in [1.165, 1.54) is 49.4 Å². The molecule has 5 heteroatoms. The number of thioether (sulfide) groups is 1. The van der Waals surface area contributed by atoms with E-state index in [0.29, 0.717) is 17.5 Å². The summed E-state index contributed by atoms with van der Waals surface area (Å²) in [7, 11) is 0. The van der Waals surface area contributed by atoms with Crippen molar-refractivity contribution < 1.29 is 9.59 Å². The fourth-order valence-electron chi connectivity index (χ4n) is 2.95. The van der Waals surface area contributed by atoms with Gasteiger partial charge in [-0.15, -0.1) is 11.8 Å². The fourth-order valence-corrected chi connectivity index (χ4v) is 3.61. The summed E-state index contributed by atoms with van der Waals surface area (Å²) in [5.41, 5.74) is 1.47. The van der Waals surface area contributed by atoms with Crippen molar-refractivity contribution in [3.8, 4) is 0 Å². The molecule has 21 heavy (non-hydrogen) atoms. The molecular weight excluding hydrogens is 284 g/mol. The Morgan fingerprint density at radius 1 is 1.14 bits per heavy atom. The van der Waals surface area contributed by atoms with E-state index in [1.807, 2.05) is 0 Å². The molecule has 4 nitrogen and oxygen atoms in total. The lowest BCUT2D eigenvalue weighted by atomic mass is 10.2. The molecule has 2 N–H and O–H groups in total. The molecule has 2 rings (SSSR count).